The van der Waals surface area contributed by atoms with Gasteiger partial charge in [-0.15, -0.1) is 5.10 Å². The maximum absolute atomic E-state index is 5.72. The Morgan fingerprint density at radius 1 is 0.667 bits per heavy atom. The van der Waals surface area contributed by atoms with Gasteiger partial charge in [0.1, 0.15) is 5.75 Å². The molecule has 0 N–H and O–H groups in total. The Hall–Kier alpha value is -2.94. The summed E-state index contributed by atoms with van der Waals surface area (Å²) in [5, 5.41) is 12.6. The van der Waals surface area contributed by atoms with Crippen molar-refractivity contribution >= 4 is 21.5 Å². The number of ether oxygens (including phenoxy) is 1. The first-order chi connectivity index (χ1) is 10.4. The Morgan fingerprint density at radius 2 is 1.43 bits per heavy atom. The van der Waals surface area contributed by atoms with Gasteiger partial charge in [-0.25, -0.2) is 0 Å². The van der Waals surface area contributed by atoms with Crippen molar-refractivity contribution in [3.8, 4) is 11.6 Å². The molecule has 0 radical (unpaired) electrons. The highest BCUT2D eigenvalue weighted by molar-refractivity contribution is 5.98. The summed E-state index contributed by atoms with van der Waals surface area (Å²) in [6.07, 6.45) is 1.62. The van der Waals surface area contributed by atoms with Gasteiger partial charge in [0.2, 0.25) is 5.88 Å². The fraction of sp³-hybridized carbons (Fsp3) is 0. The van der Waals surface area contributed by atoms with E-state index in [0.29, 0.717) is 5.88 Å². The highest BCUT2D eigenvalue weighted by Crippen LogP contribution is 2.27. The van der Waals surface area contributed by atoms with E-state index in [0.717, 1.165) is 11.1 Å². The monoisotopic (exact) mass is 272 g/mol. The molecule has 4 rings (SSSR count). The van der Waals surface area contributed by atoms with Crippen LogP contribution < -0.4 is 4.74 Å². The average Bonchev–Trinajstić information content (AvgIpc) is 2.54. The molecule has 3 heteroatoms. The lowest BCUT2D eigenvalue weighted by molar-refractivity contribution is 0.456. The molecule has 3 aromatic carbocycles. The summed E-state index contributed by atoms with van der Waals surface area (Å²) < 4.78 is 5.72. The number of nitrogens with zero attached hydrogens (tertiary/aromatic N) is 2. The summed E-state index contributed by atoms with van der Waals surface area (Å²) in [5.74, 6) is 1.26. The van der Waals surface area contributed by atoms with E-state index >= 15 is 0 Å². The predicted molar refractivity (Wildman–Crippen MR) is 83.6 cm³/mol. The third-order valence-electron chi connectivity index (χ3n) is 3.45. The van der Waals surface area contributed by atoms with Gasteiger partial charge in [0.15, 0.2) is 0 Å². The second-order valence-electron chi connectivity index (χ2n) is 4.87. The van der Waals surface area contributed by atoms with E-state index in [9.17, 15) is 0 Å². The van der Waals surface area contributed by atoms with Crippen molar-refractivity contribution in [2.45, 2.75) is 0 Å². The van der Waals surface area contributed by atoms with Crippen LogP contribution in [-0.4, -0.2) is 10.2 Å². The number of benzene rings is 3. The lowest BCUT2D eigenvalue weighted by Gasteiger charge is -2.06. The van der Waals surface area contributed by atoms with Crippen LogP contribution in [0.15, 0.2) is 72.9 Å². The van der Waals surface area contributed by atoms with Gasteiger partial charge in [0.25, 0.3) is 0 Å². The molecule has 0 aliphatic heterocycles. The van der Waals surface area contributed by atoms with Gasteiger partial charge in [-0.05, 0) is 51.9 Å². The van der Waals surface area contributed by atoms with Crippen molar-refractivity contribution in [3.63, 3.8) is 0 Å². The van der Waals surface area contributed by atoms with Gasteiger partial charge in [-0.1, -0.05) is 30.3 Å². The molecule has 0 atom stereocenters. The summed E-state index contributed by atoms with van der Waals surface area (Å²) in [7, 11) is 0. The van der Waals surface area contributed by atoms with Crippen LogP contribution >= 0.6 is 0 Å². The van der Waals surface area contributed by atoms with Gasteiger partial charge >= 0.3 is 0 Å². The van der Waals surface area contributed by atoms with Crippen LogP contribution in [0.4, 0.5) is 0 Å². The Bertz CT molecular complexity index is 920. The molecule has 4 aromatic rings. The fourth-order valence-corrected chi connectivity index (χ4v) is 2.44. The number of hydrogen-bond donors (Lipinski definition) is 0. The Balaban J connectivity index is 1.80. The molecular weight excluding hydrogens is 260 g/mol. The second-order valence-corrected chi connectivity index (χ2v) is 4.87. The van der Waals surface area contributed by atoms with Crippen molar-refractivity contribution in [3.05, 3.63) is 72.9 Å². The minimum atomic E-state index is 0.498. The fourth-order valence-electron chi connectivity index (χ4n) is 2.44. The number of fused-ring (bicyclic) bond motifs is 2. The molecule has 0 bridgehead atoms. The minimum Gasteiger partial charge on any atom is -0.438 e. The molecule has 0 aliphatic rings. The zero-order chi connectivity index (χ0) is 14.1. The second kappa shape index (κ2) is 4.87. The predicted octanol–water partition coefficient (Wildman–Crippen LogP) is 4.58. The van der Waals surface area contributed by atoms with Crippen LogP contribution in [-0.2, 0) is 0 Å². The first kappa shape index (κ1) is 11.9. The summed E-state index contributed by atoms with van der Waals surface area (Å²) >= 11 is 0. The summed E-state index contributed by atoms with van der Waals surface area (Å²) in [5.41, 5.74) is 0. The van der Waals surface area contributed by atoms with E-state index in [1.807, 2.05) is 18.2 Å². The standard InChI is InChI=1S/C18H12N2O/c1-2-5-14-11-16-12-17(21-18-6-3-9-19-20-18)8-7-15(16)10-13(14)4-1/h1-12H. The Labute approximate surface area is 121 Å². The SMILES string of the molecule is c1cnnc(Oc2ccc3cc4ccccc4cc3c2)c1. The van der Waals surface area contributed by atoms with E-state index in [2.05, 4.69) is 46.6 Å². The van der Waals surface area contributed by atoms with Crippen molar-refractivity contribution in [2.24, 2.45) is 0 Å². The zero-order valence-corrected chi connectivity index (χ0v) is 11.2. The zero-order valence-electron chi connectivity index (χ0n) is 11.2. The van der Waals surface area contributed by atoms with Crippen molar-refractivity contribution in [1.29, 1.82) is 0 Å². The average molecular weight is 272 g/mol. The molecule has 0 spiro atoms. The quantitative estimate of drug-likeness (QED) is 0.501. The van der Waals surface area contributed by atoms with Crippen LogP contribution in [0.1, 0.15) is 0 Å². The van der Waals surface area contributed by atoms with E-state index in [-0.39, 0.29) is 0 Å². The van der Waals surface area contributed by atoms with Crippen molar-refractivity contribution < 1.29 is 4.74 Å². The van der Waals surface area contributed by atoms with Crippen LogP contribution in [0.25, 0.3) is 21.5 Å². The van der Waals surface area contributed by atoms with Gasteiger partial charge in [-0.2, -0.15) is 5.10 Å². The molecule has 1 aromatic heterocycles. The van der Waals surface area contributed by atoms with Gasteiger partial charge in [0.05, 0.1) is 0 Å². The molecule has 100 valence electrons. The maximum atomic E-state index is 5.72. The van der Waals surface area contributed by atoms with Crippen LogP contribution in [0, 0.1) is 0 Å². The van der Waals surface area contributed by atoms with Crippen LogP contribution in [0.3, 0.4) is 0 Å². The number of rotatable bonds is 2. The summed E-state index contributed by atoms with van der Waals surface area (Å²) in [4.78, 5) is 0. The molecule has 21 heavy (non-hydrogen) atoms. The first-order valence-corrected chi connectivity index (χ1v) is 6.77. The molecule has 0 amide bonds. The van der Waals surface area contributed by atoms with Gasteiger partial charge in [0, 0.05) is 12.3 Å². The number of hydrogen-bond acceptors (Lipinski definition) is 3. The summed E-state index contributed by atoms with van der Waals surface area (Å²) in [6.45, 7) is 0. The first-order valence-electron chi connectivity index (χ1n) is 6.77. The van der Waals surface area contributed by atoms with Gasteiger partial charge in [-0.3, -0.25) is 0 Å². The maximum Gasteiger partial charge on any atom is 0.238 e. The van der Waals surface area contributed by atoms with E-state index in [1.165, 1.54) is 16.2 Å². The molecule has 0 fully saturated rings. The van der Waals surface area contributed by atoms with Gasteiger partial charge < -0.3 is 4.74 Å². The van der Waals surface area contributed by atoms with Crippen molar-refractivity contribution in [1.82, 2.24) is 10.2 Å². The van der Waals surface area contributed by atoms with E-state index < -0.39 is 0 Å². The van der Waals surface area contributed by atoms with E-state index in [4.69, 9.17) is 4.74 Å². The summed E-state index contributed by atoms with van der Waals surface area (Å²) in [6, 6.07) is 22.3. The molecule has 0 saturated carbocycles. The topological polar surface area (TPSA) is 35.0 Å². The van der Waals surface area contributed by atoms with E-state index in [1.54, 1.807) is 18.3 Å². The lowest BCUT2D eigenvalue weighted by atomic mass is 10.0. The Kier molecular flexibility index (Phi) is 2.75. The van der Waals surface area contributed by atoms with Crippen LogP contribution in [0.2, 0.25) is 0 Å². The number of aromatic nitrogens is 2. The molecule has 0 saturated heterocycles. The van der Waals surface area contributed by atoms with Crippen LogP contribution in [0.5, 0.6) is 11.6 Å². The third-order valence-corrected chi connectivity index (χ3v) is 3.45. The molecule has 1 heterocycles. The molecule has 3 nitrogen and oxygen atoms in total. The highest BCUT2D eigenvalue weighted by Gasteiger charge is 2.02. The largest absolute Gasteiger partial charge is 0.438 e. The van der Waals surface area contributed by atoms with Crippen molar-refractivity contribution in [2.75, 3.05) is 0 Å². The highest BCUT2D eigenvalue weighted by atomic mass is 16.5. The normalized spacial score (nSPS) is 10.9. The molecule has 0 unspecified atom stereocenters. The smallest absolute Gasteiger partial charge is 0.238 e. The molecule has 0 aliphatic carbocycles. The lowest BCUT2D eigenvalue weighted by Crippen LogP contribution is -1.89. The third kappa shape index (κ3) is 2.30. The Morgan fingerprint density at radius 3 is 2.19 bits per heavy atom. The molecular formula is C18H12N2O. The minimum absolute atomic E-state index is 0.498.